The van der Waals surface area contributed by atoms with E-state index in [1.165, 1.54) is 5.57 Å². The topological polar surface area (TPSA) is 42.7 Å². The summed E-state index contributed by atoms with van der Waals surface area (Å²) < 4.78 is 1.88. The van der Waals surface area contributed by atoms with E-state index in [9.17, 15) is 0 Å². The molecule has 21 heavy (non-hydrogen) atoms. The van der Waals surface area contributed by atoms with Crippen LogP contribution in [0.2, 0.25) is 0 Å². The highest BCUT2D eigenvalue weighted by Crippen LogP contribution is 2.17. The van der Waals surface area contributed by atoms with Gasteiger partial charge in [0.1, 0.15) is 0 Å². The van der Waals surface area contributed by atoms with E-state index in [0.29, 0.717) is 0 Å². The molecule has 0 amide bonds. The average molecular weight is 284 g/mol. The van der Waals surface area contributed by atoms with Gasteiger partial charge in [-0.2, -0.15) is 0 Å². The highest BCUT2D eigenvalue weighted by Gasteiger charge is 2.09. The molecule has 2 aromatic rings. The van der Waals surface area contributed by atoms with E-state index >= 15 is 0 Å². The van der Waals surface area contributed by atoms with E-state index in [-0.39, 0.29) is 5.54 Å². The van der Waals surface area contributed by atoms with Gasteiger partial charge in [0.15, 0.2) is 0 Å². The van der Waals surface area contributed by atoms with Crippen molar-refractivity contribution in [3.63, 3.8) is 0 Å². The molecule has 1 aromatic carbocycles. The molecule has 0 radical (unpaired) electrons. The fourth-order valence-corrected chi connectivity index (χ4v) is 2.10. The summed E-state index contributed by atoms with van der Waals surface area (Å²) in [5.74, 6) is 0. The third-order valence-electron chi connectivity index (χ3n) is 3.20. The molecule has 1 heterocycles. The van der Waals surface area contributed by atoms with Gasteiger partial charge in [-0.05, 0) is 58.4 Å². The third-order valence-corrected chi connectivity index (χ3v) is 3.20. The van der Waals surface area contributed by atoms with Crippen LogP contribution in [0.5, 0.6) is 0 Å². The summed E-state index contributed by atoms with van der Waals surface area (Å²) in [5.41, 5.74) is 3.43. The van der Waals surface area contributed by atoms with Crippen molar-refractivity contribution in [1.82, 2.24) is 20.3 Å². The lowest BCUT2D eigenvalue weighted by atomic mass is 10.1. The molecule has 0 aliphatic carbocycles. The molecule has 4 heteroatoms. The lowest BCUT2D eigenvalue weighted by Gasteiger charge is -2.19. The van der Waals surface area contributed by atoms with E-state index in [1.807, 2.05) is 41.2 Å². The molecule has 0 aliphatic rings. The van der Waals surface area contributed by atoms with Gasteiger partial charge in [-0.3, -0.25) is 0 Å². The Labute approximate surface area is 126 Å². The van der Waals surface area contributed by atoms with Crippen molar-refractivity contribution in [2.75, 3.05) is 6.54 Å². The summed E-state index contributed by atoms with van der Waals surface area (Å²) >= 11 is 0. The molecule has 0 fully saturated rings. The Morgan fingerprint density at radius 1 is 1.24 bits per heavy atom. The Morgan fingerprint density at radius 3 is 2.62 bits per heavy atom. The fourth-order valence-electron chi connectivity index (χ4n) is 2.10. The third kappa shape index (κ3) is 4.53. The lowest BCUT2D eigenvalue weighted by molar-refractivity contribution is 0.431. The van der Waals surface area contributed by atoms with Crippen molar-refractivity contribution in [2.45, 2.75) is 39.7 Å². The number of para-hydroxylation sites is 1. The zero-order valence-corrected chi connectivity index (χ0v) is 13.3. The number of benzene rings is 1. The van der Waals surface area contributed by atoms with Gasteiger partial charge in [0.25, 0.3) is 0 Å². The normalized spacial score (nSPS) is 12.7. The van der Waals surface area contributed by atoms with Gasteiger partial charge in [0, 0.05) is 5.54 Å². The molecule has 4 nitrogen and oxygen atoms in total. The second kappa shape index (κ2) is 6.68. The number of nitrogens with one attached hydrogen (secondary N) is 1. The monoisotopic (exact) mass is 284 g/mol. The Hall–Kier alpha value is -1.94. The van der Waals surface area contributed by atoms with Crippen LogP contribution in [0.3, 0.4) is 0 Å². The summed E-state index contributed by atoms with van der Waals surface area (Å²) in [5, 5.41) is 11.7. The highest BCUT2D eigenvalue weighted by atomic mass is 15.4. The molecule has 0 atom stereocenters. The molecular weight excluding hydrogens is 260 g/mol. The molecule has 0 bridgehead atoms. The standard InChI is InChI=1S/C17H24N4/c1-14(9-8-12-18-17(2,3)4)16-13-19-20-21(16)15-10-6-5-7-11-15/h5-7,9-11,13,18H,8,12H2,1-4H3/b14-9-. The Balaban J connectivity index is 2.07. The quantitative estimate of drug-likeness (QED) is 0.855. The number of aromatic nitrogens is 3. The molecule has 0 saturated heterocycles. The van der Waals surface area contributed by atoms with E-state index in [1.54, 1.807) is 0 Å². The van der Waals surface area contributed by atoms with Crippen LogP contribution in [-0.2, 0) is 0 Å². The molecular formula is C17H24N4. The van der Waals surface area contributed by atoms with Crippen LogP contribution in [0.1, 0.15) is 39.8 Å². The van der Waals surface area contributed by atoms with Gasteiger partial charge in [0.2, 0.25) is 0 Å². The molecule has 0 aliphatic heterocycles. The van der Waals surface area contributed by atoms with Crippen molar-refractivity contribution in [1.29, 1.82) is 0 Å². The van der Waals surface area contributed by atoms with E-state index in [0.717, 1.165) is 24.3 Å². The van der Waals surface area contributed by atoms with Crippen molar-refractivity contribution < 1.29 is 0 Å². The molecule has 0 saturated carbocycles. The van der Waals surface area contributed by atoms with Crippen molar-refractivity contribution in [3.05, 3.63) is 48.3 Å². The fraction of sp³-hybridized carbons (Fsp3) is 0.412. The maximum atomic E-state index is 4.19. The first-order chi connectivity index (χ1) is 9.97. The van der Waals surface area contributed by atoms with Crippen LogP contribution in [0.15, 0.2) is 42.6 Å². The van der Waals surface area contributed by atoms with Crippen LogP contribution in [0.4, 0.5) is 0 Å². The van der Waals surface area contributed by atoms with Crippen molar-refractivity contribution >= 4 is 5.57 Å². The Kier molecular flexibility index (Phi) is 4.91. The van der Waals surface area contributed by atoms with Crippen LogP contribution in [-0.4, -0.2) is 27.1 Å². The average Bonchev–Trinajstić information content (AvgIpc) is 2.93. The van der Waals surface area contributed by atoms with Gasteiger partial charge in [-0.1, -0.05) is 29.5 Å². The zero-order chi connectivity index (χ0) is 15.3. The van der Waals surface area contributed by atoms with Crippen molar-refractivity contribution in [2.24, 2.45) is 0 Å². The number of hydrogen-bond donors (Lipinski definition) is 1. The van der Waals surface area contributed by atoms with Gasteiger partial charge in [0.05, 0.1) is 17.6 Å². The number of allylic oxidation sites excluding steroid dienone is 1. The summed E-state index contributed by atoms with van der Waals surface area (Å²) in [6.45, 7) is 9.61. The summed E-state index contributed by atoms with van der Waals surface area (Å²) in [7, 11) is 0. The van der Waals surface area contributed by atoms with E-state index in [2.05, 4.69) is 49.4 Å². The van der Waals surface area contributed by atoms with E-state index < -0.39 is 0 Å². The minimum Gasteiger partial charge on any atom is -0.312 e. The smallest absolute Gasteiger partial charge is 0.0897 e. The van der Waals surface area contributed by atoms with E-state index in [4.69, 9.17) is 0 Å². The molecule has 1 aromatic heterocycles. The van der Waals surface area contributed by atoms with Gasteiger partial charge < -0.3 is 5.32 Å². The van der Waals surface area contributed by atoms with Gasteiger partial charge in [-0.15, -0.1) is 5.10 Å². The summed E-state index contributed by atoms with van der Waals surface area (Å²) in [6, 6.07) is 10.1. The maximum absolute atomic E-state index is 4.19. The number of rotatable bonds is 5. The first kappa shape index (κ1) is 15.4. The van der Waals surface area contributed by atoms with Crippen LogP contribution in [0.25, 0.3) is 11.3 Å². The van der Waals surface area contributed by atoms with Gasteiger partial charge in [-0.25, -0.2) is 4.68 Å². The second-order valence-corrected chi connectivity index (χ2v) is 6.22. The maximum Gasteiger partial charge on any atom is 0.0897 e. The minimum atomic E-state index is 0.162. The largest absolute Gasteiger partial charge is 0.312 e. The molecule has 1 N–H and O–H groups in total. The number of hydrogen-bond acceptors (Lipinski definition) is 3. The molecule has 0 unspecified atom stereocenters. The van der Waals surface area contributed by atoms with Crippen LogP contribution < -0.4 is 5.32 Å². The Bertz CT molecular complexity index is 591. The van der Waals surface area contributed by atoms with Gasteiger partial charge >= 0.3 is 0 Å². The number of nitrogens with zero attached hydrogens (tertiary/aromatic N) is 3. The summed E-state index contributed by atoms with van der Waals surface area (Å²) in [4.78, 5) is 0. The summed E-state index contributed by atoms with van der Waals surface area (Å²) in [6.07, 6.45) is 5.04. The second-order valence-electron chi connectivity index (χ2n) is 6.22. The zero-order valence-electron chi connectivity index (χ0n) is 13.3. The van der Waals surface area contributed by atoms with Crippen LogP contribution in [0, 0.1) is 0 Å². The van der Waals surface area contributed by atoms with Crippen molar-refractivity contribution in [3.8, 4) is 5.69 Å². The Morgan fingerprint density at radius 2 is 1.95 bits per heavy atom. The molecule has 0 spiro atoms. The van der Waals surface area contributed by atoms with Crippen LogP contribution >= 0.6 is 0 Å². The lowest BCUT2D eigenvalue weighted by Crippen LogP contribution is -2.36. The predicted molar refractivity (Wildman–Crippen MR) is 87.4 cm³/mol. The minimum absolute atomic E-state index is 0.162. The molecule has 2 rings (SSSR count). The highest BCUT2D eigenvalue weighted by molar-refractivity contribution is 5.61. The SMILES string of the molecule is C/C(=C/CCNC(C)(C)C)c1cnnn1-c1ccccc1. The predicted octanol–water partition coefficient (Wildman–Crippen LogP) is 3.45. The first-order valence-corrected chi connectivity index (χ1v) is 7.36. The molecule has 112 valence electrons. The first-order valence-electron chi connectivity index (χ1n) is 7.36.